The number of nitrogens with one attached hydrogen (secondary N) is 1. The Labute approximate surface area is 88.2 Å². The minimum atomic E-state index is 0.794. The smallest absolute Gasteiger partial charge is 0.160 e. The van der Waals surface area contributed by atoms with Gasteiger partial charge in [0.25, 0.3) is 0 Å². The second-order valence-corrected chi connectivity index (χ2v) is 4.89. The Morgan fingerprint density at radius 2 is 2.15 bits per heavy atom. The van der Waals surface area contributed by atoms with Gasteiger partial charge in [-0.1, -0.05) is 37.5 Å². The number of aryl methyl sites for hydroxylation is 1. The van der Waals surface area contributed by atoms with E-state index in [-0.39, 0.29) is 0 Å². The zero-order chi connectivity index (χ0) is 9.68. The zero-order valence-corrected chi connectivity index (χ0v) is 9.56. The van der Waals surface area contributed by atoms with Gasteiger partial charge in [-0.05, 0) is 25.1 Å². The van der Waals surface area contributed by atoms with Crippen molar-refractivity contribution in [3.8, 4) is 0 Å². The fourth-order valence-electron chi connectivity index (χ4n) is 1.29. The van der Waals surface area contributed by atoms with Gasteiger partial charge in [0.05, 0.1) is 5.69 Å². The summed E-state index contributed by atoms with van der Waals surface area (Å²) in [6.45, 7) is 2.21. The number of unbranched alkanes of at least 4 members (excludes halogenated alkanes) is 3. The van der Waals surface area contributed by atoms with Crippen LogP contribution in [0.25, 0.3) is 0 Å². The van der Waals surface area contributed by atoms with E-state index in [1.807, 2.05) is 0 Å². The summed E-state index contributed by atoms with van der Waals surface area (Å²) in [5, 5.41) is 0.862. The van der Waals surface area contributed by atoms with Crippen LogP contribution in [-0.2, 0) is 6.42 Å². The molecule has 0 atom stereocenters. The van der Waals surface area contributed by atoms with Crippen molar-refractivity contribution in [2.45, 2.75) is 39.0 Å². The normalized spacial score (nSPS) is 10.5. The van der Waals surface area contributed by atoms with Crippen LogP contribution in [0, 0.1) is 3.95 Å². The van der Waals surface area contributed by atoms with E-state index in [9.17, 15) is 0 Å². The molecule has 0 amide bonds. The van der Waals surface area contributed by atoms with Gasteiger partial charge < -0.3 is 10.7 Å². The van der Waals surface area contributed by atoms with Crippen LogP contribution in [0.4, 0.5) is 5.00 Å². The quantitative estimate of drug-likeness (QED) is 0.584. The average molecular weight is 216 g/mol. The summed E-state index contributed by atoms with van der Waals surface area (Å²) in [6, 6.07) is 0. The highest BCUT2D eigenvalue weighted by atomic mass is 32.1. The van der Waals surface area contributed by atoms with Crippen molar-refractivity contribution < 1.29 is 0 Å². The molecule has 0 aliphatic rings. The van der Waals surface area contributed by atoms with Crippen LogP contribution in [0.15, 0.2) is 0 Å². The summed E-state index contributed by atoms with van der Waals surface area (Å²) < 4.78 is 0.794. The van der Waals surface area contributed by atoms with Crippen molar-refractivity contribution >= 4 is 28.6 Å². The first-order valence-corrected chi connectivity index (χ1v) is 5.94. The number of anilines is 1. The number of thiazole rings is 1. The van der Waals surface area contributed by atoms with Gasteiger partial charge in [-0.25, -0.2) is 0 Å². The van der Waals surface area contributed by atoms with E-state index in [0.29, 0.717) is 0 Å². The third kappa shape index (κ3) is 3.48. The first-order valence-electron chi connectivity index (χ1n) is 4.71. The lowest BCUT2D eigenvalue weighted by Gasteiger charge is -1.98. The molecule has 0 bridgehead atoms. The van der Waals surface area contributed by atoms with Crippen LogP contribution >= 0.6 is 23.6 Å². The fourth-order valence-corrected chi connectivity index (χ4v) is 2.33. The molecule has 74 valence electrons. The molecular weight excluding hydrogens is 200 g/mol. The number of H-pyrrole nitrogens is 1. The van der Waals surface area contributed by atoms with Gasteiger partial charge in [-0.15, -0.1) is 0 Å². The second-order valence-electron chi connectivity index (χ2n) is 3.17. The van der Waals surface area contributed by atoms with Gasteiger partial charge in [0.1, 0.15) is 5.00 Å². The number of nitrogen functional groups attached to an aromatic ring is 1. The van der Waals surface area contributed by atoms with E-state index in [2.05, 4.69) is 11.9 Å². The van der Waals surface area contributed by atoms with Gasteiger partial charge in [0, 0.05) is 0 Å². The van der Waals surface area contributed by atoms with Gasteiger partial charge in [0.15, 0.2) is 3.95 Å². The summed E-state index contributed by atoms with van der Waals surface area (Å²) in [4.78, 5) is 3.13. The van der Waals surface area contributed by atoms with E-state index in [4.69, 9.17) is 18.0 Å². The van der Waals surface area contributed by atoms with Crippen LogP contribution in [0.2, 0.25) is 0 Å². The molecular formula is C9H16N2S2. The van der Waals surface area contributed by atoms with Gasteiger partial charge in [0.2, 0.25) is 0 Å². The molecule has 0 spiro atoms. The van der Waals surface area contributed by atoms with Crippen molar-refractivity contribution in [2.24, 2.45) is 0 Å². The molecule has 2 nitrogen and oxygen atoms in total. The van der Waals surface area contributed by atoms with Crippen molar-refractivity contribution in [2.75, 3.05) is 5.73 Å². The monoisotopic (exact) mass is 216 g/mol. The van der Waals surface area contributed by atoms with Crippen LogP contribution in [-0.4, -0.2) is 4.98 Å². The maximum absolute atomic E-state index is 5.78. The molecule has 13 heavy (non-hydrogen) atoms. The summed E-state index contributed by atoms with van der Waals surface area (Å²) in [5.41, 5.74) is 6.91. The maximum Gasteiger partial charge on any atom is 0.160 e. The molecule has 3 N–H and O–H groups in total. The van der Waals surface area contributed by atoms with Crippen LogP contribution in [0.3, 0.4) is 0 Å². The first kappa shape index (κ1) is 10.7. The number of aromatic amines is 1. The van der Waals surface area contributed by atoms with Gasteiger partial charge in [-0.3, -0.25) is 0 Å². The summed E-state index contributed by atoms with van der Waals surface area (Å²) in [7, 11) is 0. The number of hydrogen-bond donors (Lipinski definition) is 2. The molecule has 0 radical (unpaired) electrons. The van der Waals surface area contributed by atoms with Crippen LogP contribution < -0.4 is 5.73 Å². The topological polar surface area (TPSA) is 41.8 Å². The highest BCUT2D eigenvalue weighted by Crippen LogP contribution is 2.19. The molecule has 1 rings (SSSR count). The first-order chi connectivity index (χ1) is 6.24. The van der Waals surface area contributed by atoms with E-state index >= 15 is 0 Å². The highest BCUT2D eigenvalue weighted by molar-refractivity contribution is 7.73. The number of nitrogens with two attached hydrogens (primary N) is 1. The Morgan fingerprint density at radius 1 is 1.38 bits per heavy atom. The Kier molecular flexibility index (Phi) is 4.45. The molecule has 0 fully saturated rings. The van der Waals surface area contributed by atoms with Gasteiger partial charge in [-0.2, -0.15) is 0 Å². The van der Waals surface area contributed by atoms with Crippen molar-refractivity contribution in [3.05, 3.63) is 9.65 Å². The maximum atomic E-state index is 5.78. The third-order valence-electron chi connectivity index (χ3n) is 2.03. The molecule has 0 unspecified atom stereocenters. The van der Waals surface area contributed by atoms with Gasteiger partial charge >= 0.3 is 0 Å². The second kappa shape index (κ2) is 5.40. The Balaban J connectivity index is 2.36. The van der Waals surface area contributed by atoms with E-state index in [1.165, 1.54) is 37.0 Å². The Morgan fingerprint density at radius 3 is 2.69 bits per heavy atom. The fraction of sp³-hybridized carbons (Fsp3) is 0.667. The lowest BCUT2D eigenvalue weighted by Crippen LogP contribution is -1.91. The molecule has 0 aromatic carbocycles. The highest BCUT2D eigenvalue weighted by Gasteiger charge is 2.01. The molecule has 4 heteroatoms. The lowest BCUT2D eigenvalue weighted by atomic mass is 10.1. The number of rotatable bonds is 5. The molecule has 0 aliphatic carbocycles. The van der Waals surface area contributed by atoms with E-state index in [1.54, 1.807) is 0 Å². The Hall–Kier alpha value is -0.350. The Bertz CT molecular complexity index is 301. The van der Waals surface area contributed by atoms with E-state index in [0.717, 1.165) is 21.1 Å². The molecule has 1 heterocycles. The standard InChI is InChI=1S/C9H16N2S2/c1-2-3-4-5-6-7-8(10)13-9(12)11-7/h2-6,10H2,1H3,(H,11,12). The van der Waals surface area contributed by atoms with Crippen LogP contribution in [0.1, 0.15) is 38.3 Å². The summed E-state index contributed by atoms with van der Waals surface area (Å²) >= 11 is 6.48. The predicted molar refractivity (Wildman–Crippen MR) is 61.8 cm³/mol. The summed E-state index contributed by atoms with van der Waals surface area (Å²) in [6.07, 6.45) is 6.12. The minimum absolute atomic E-state index is 0.794. The van der Waals surface area contributed by atoms with Crippen molar-refractivity contribution in [1.29, 1.82) is 0 Å². The molecule has 0 aliphatic heterocycles. The summed E-state index contributed by atoms with van der Waals surface area (Å²) in [5.74, 6) is 0. The van der Waals surface area contributed by atoms with Crippen molar-refractivity contribution in [1.82, 2.24) is 4.98 Å². The molecule has 1 aromatic heterocycles. The lowest BCUT2D eigenvalue weighted by molar-refractivity contribution is 0.662. The molecule has 0 saturated carbocycles. The third-order valence-corrected chi connectivity index (χ3v) is 3.14. The molecule has 1 aromatic rings. The number of aromatic nitrogens is 1. The van der Waals surface area contributed by atoms with Crippen LogP contribution in [0.5, 0.6) is 0 Å². The minimum Gasteiger partial charge on any atom is -0.389 e. The zero-order valence-electron chi connectivity index (χ0n) is 7.93. The number of hydrogen-bond acceptors (Lipinski definition) is 3. The SMILES string of the molecule is CCCCCCc1[nH]c(=S)sc1N. The average Bonchev–Trinajstić information content (AvgIpc) is 2.39. The predicted octanol–water partition coefficient (Wildman–Crippen LogP) is 3.51. The largest absolute Gasteiger partial charge is 0.389 e. The van der Waals surface area contributed by atoms with E-state index < -0.39 is 0 Å². The molecule has 0 saturated heterocycles. The van der Waals surface area contributed by atoms with Crippen molar-refractivity contribution in [3.63, 3.8) is 0 Å².